The molecule has 40 heavy (non-hydrogen) atoms. The minimum atomic E-state index is -1.08. The van der Waals surface area contributed by atoms with Gasteiger partial charge in [-0.1, -0.05) is 49.8 Å². The fourth-order valence-electron chi connectivity index (χ4n) is 5.06. The zero-order chi connectivity index (χ0) is 30.4. The molecule has 1 aliphatic heterocycles. The molecule has 224 valence electrons. The van der Waals surface area contributed by atoms with Gasteiger partial charge in [0, 0.05) is 27.0 Å². The quantitative estimate of drug-likeness (QED) is 0.166. The Hall–Kier alpha value is -2.39. The lowest BCUT2D eigenvalue weighted by molar-refractivity contribution is -0.150. The zero-order valence-electron chi connectivity index (χ0n) is 25.3. The predicted molar refractivity (Wildman–Crippen MR) is 158 cm³/mol. The highest BCUT2D eigenvalue weighted by atomic mass is 35.5. The number of methoxy groups -OCH3 is 2. The first-order valence-electron chi connectivity index (χ1n) is 13.7. The maximum Gasteiger partial charge on any atom is 0.302 e. The van der Waals surface area contributed by atoms with Gasteiger partial charge in [-0.3, -0.25) is 9.59 Å². The number of esters is 1. The second kappa shape index (κ2) is 14.5. The summed E-state index contributed by atoms with van der Waals surface area (Å²) in [5.74, 6) is -0.311. The Kier molecular flexibility index (Phi) is 12.2. The highest BCUT2D eigenvalue weighted by Gasteiger charge is 2.61. The van der Waals surface area contributed by atoms with E-state index in [0.29, 0.717) is 29.3 Å². The lowest BCUT2D eigenvalue weighted by Gasteiger charge is -2.29. The Labute approximate surface area is 244 Å². The van der Waals surface area contributed by atoms with E-state index in [-0.39, 0.29) is 42.3 Å². The van der Waals surface area contributed by atoms with Crippen LogP contribution in [0.25, 0.3) is 0 Å². The fraction of sp³-hybridized carbons (Fsp3) is 0.613. The molecule has 1 saturated heterocycles. The van der Waals surface area contributed by atoms with Gasteiger partial charge in [0.25, 0.3) is 0 Å². The van der Waals surface area contributed by atoms with Crippen LogP contribution in [0.1, 0.15) is 59.9 Å². The number of ether oxygens (including phenoxy) is 4. The van der Waals surface area contributed by atoms with Crippen molar-refractivity contribution in [1.29, 1.82) is 0 Å². The molecule has 1 heterocycles. The highest BCUT2D eigenvalue weighted by Crippen LogP contribution is 2.47. The van der Waals surface area contributed by atoms with Gasteiger partial charge in [-0.25, -0.2) is 0 Å². The van der Waals surface area contributed by atoms with Gasteiger partial charge in [-0.15, -0.1) is 0 Å². The lowest BCUT2D eigenvalue weighted by Crippen LogP contribution is -2.40. The molecule has 9 heteroatoms. The molecule has 0 unspecified atom stereocenters. The second-order valence-electron chi connectivity index (χ2n) is 11.1. The van der Waals surface area contributed by atoms with Crippen LogP contribution < -0.4 is 9.64 Å². The maximum atomic E-state index is 13.3. The number of amides is 1. The summed E-state index contributed by atoms with van der Waals surface area (Å²) in [6, 6.07) is 3.69. The standard InChI is InChI=1S/C31H46ClNO7/c1-11-12-18(2)13-23-15-24(29(32)26(16-23)38-10)33(8)28(36)17-27(35)31(7)30(40-31)20(4)25(39-22(6)34)14-19(3)21(5)37-9/h11-12,15-16,19-21,25,27,30,35H,1,13-14,17H2,2-10H3/b18-12+/t19-,20-,21-,25+,27+,30+,31+/m1/s1. The van der Waals surface area contributed by atoms with Crippen molar-refractivity contribution in [2.45, 2.75) is 90.8 Å². The minimum Gasteiger partial charge on any atom is -0.495 e. The molecule has 0 saturated carbocycles. The molecule has 1 amide bonds. The summed E-state index contributed by atoms with van der Waals surface area (Å²) in [5, 5.41) is 11.4. The summed E-state index contributed by atoms with van der Waals surface area (Å²) in [6.45, 7) is 14.8. The lowest BCUT2D eigenvalue weighted by atomic mass is 9.84. The molecule has 0 bridgehead atoms. The Bertz CT molecular complexity index is 1090. The van der Waals surface area contributed by atoms with Gasteiger partial charge in [0.1, 0.15) is 22.5 Å². The number of hydrogen-bond donors (Lipinski definition) is 1. The third-order valence-corrected chi connectivity index (χ3v) is 8.38. The Morgan fingerprint density at radius 1 is 1.25 bits per heavy atom. The van der Waals surface area contributed by atoms with E-state index in [9.17, 15) is 14.7 Å². The van der Waals surface area contributed by atoms with E-state index >= 15 is 0 Å². The molecule has 0 spiro atoms. The summed E-state index contributed by atoms with van der Waals surface area (Å²) in [5.41, 5.74) is 1.54. The molecule has 2 rings (SSSR count). The zero-order valence-corrected chi connectivity index (χ0v) is 26.1. The molecule has 1 N–H and O–H groups in total. The Morgan fingerprint density at radius 2 is 1.90 bits per heavy atom. The van der Waals surface area contributed by atoms with Crippen molar-refractivity contribution in [3.05, 3.63) is 47.0 Å². The van der Waals surface area contributed by atoms with Crippen LogP contribution in [0.3, 0.4) is 0 Å². The van der Waals surface area contributed by atoms with Crippen LogP contribution >= 0.6 is 11.6 Å². The molecular weight excluding hydrogens is 534 g/mol. The first-order chi connectivity index (χ1) is 18.7. The Balaban J connectivity index is 2.17. The topological polar surface area (TPSA) is 97.8 Å². The van der Waals surface area contributed by atoms with E-state index in [2.05, 4.69) is 6.58 Å². The van der Waals surface area contributed by atoms with Gasteiger partial charge >= 0.3 is 5.97 Å². The number of hydrogen-bond acceptors (Lipinski definition) is 7. The largest absolute Gasteiger partial charge is 0.495 e. The molecule has 1 aromatic rings. The number of carbonyl (C=O) groups is 2. The number of nitrogens with zero attached hydrogens (tertiary/aromatic N) is 1. The molecule has 0 aromatic heterocycles. The van der Waals surface area contributed by atoms with Crippen molar-refractivity contribution in [1.82, 2.24) is 0 Å². The number of aliphatic hydroxyl groups excluding tert-OH is 1. The number of halogens is 1. The number of benzene rings is 1. The monoisotopic (exact) mass is 579 g/mol. The summed E-state index contributed by atoms with van der Waals surface area (Å²) >= 11 is 6.58. The van der Waals surface area contributed by atoms with Crippen molar-refractivity contribution in [2.75, 3.05) is 26.2 Å². The first-order valence-corrected chi connectivity index (χ1v) is 14.0. The Morgan fingerprint density at radius 3 is 2.45 bits per heavy atom. The van der Waals surface area contributed by atoms with Crippen molar-refractivity contribution >= 4 is 29.2 Å². The SMILES string of the molecule is C=C/C=C(\C)Cc1cc(OC)c(Cl)c(N(C)C(=O)C[C@H](O)[C@]2(C)O[C@H]2[C@H](C)[C@H](C[C@@H](C)[C@@H](C)OC)OC(C)=O)c1. The van der Waals surface area contributed by atoms with Gasteiger partial charge in [0.15, 0.2) is 0 Å². The average Bonchev–Trinajstić information content (AvgIpc) is 3.60. The van der Waals surface area contributed by atoms with Gasteiger partial charge in [-0.2, -0.15) is 0 Å². The van der Waals surface area contributed by atoms with Crippen molar-refractivity contribution in [3.8, 4) is 5.75 Å². The summed E-state index contributed by atoms with van der Waals surface area (Å²) in [6.07, 6.45) is 2.79. The van der Waals surface area contributed by atoms with Crippen molar-refractivity contribution < 1.29 is 33.6 Å². The number of aliphatic hydroxyl groups is 1. The summed E-state index contributed by atoms with van der Waals surface area (Å²) in [4.78, 5) is 26.6. The molecule has 1 aromatic carbocycles. The van der Waals surface area contributed by atoms with Gasteiger partial charge in [0.2, 0.25) is 5.91 Å². The molecule has 0 radical (unpaired) electrons. The second-order valence-corrected chi connectivity index (χ2v) is 11.5. The summed E-state index contributed by atoms with van der Waals surface area (Å²) in [7, 11) is 4.80. The van der Waals surface area contributed by atoms with E-state index in [1.54, 1.807) is 27.2 Å². The number of rotatable bonds is 15. The van der Waals surface area contributed by atoms with Crippen LogP contribution in [0.5, 0.6) is 5.75 Å². The first kappa shape index (κ1) is 33.8. The fourth-order valence-corrected chi connectivity index (χ4v) is 5.37. The minimum absolute atomic E-state index is 0.0126. The van der Waals surface area contributed by atoms with Crippen LogP contribution in [-0.2, 0) is 30.2 Å². The van der Waals surface area contributed by atoms with E-state index in [4.69, 9.17) is 30.5 Å². The predicted octanol–water partition coefficient (Wildman–Crippen LogP) is 5.52. The van der Waals surface area contributed by atoms with Crippen LogP contribution in [0, 0.1) is 11.8 Å². The molecular formula is C31H46ClNO7. The third kappa shape index (κ3) is 8.32. The van der Waals surface area contributed by atoms with Gasteiger partial charge in [-0.05, 0) is 57.2 Å². The van der Waals surface area contributed by atoms with Crippen LogP contribution in [0.2, 0.25) is 5.02 Å². The molecule has 0 aliphatic carbocycles. The van der Waals surface area contributed by atoms with E-state index in [1.165, 1.54) is 18.9 Å². The number of anilines is 1. The summed E-state index contributed by atoms with van der Waals surface area (Å²) < 4.78 is 22.5. The number of carbonyl (C=O) groups excluding carboxylic acids is 2. The van der Waals surface area contributed by atoms with Crippen LogP contribution in [0.15, 0.2) is 36.4 Å². The highest BCUT2D eigenvalue weighted by molar-refractivity contribution is 6.35. The van der Waals surface area contributed by atoms with E-state index < -0.39 is 17.8 Å². The van der Waals surface area contributed by atoms with Crippen LogP contribution in [0.4, 0.5) is 5.69 Å². The molecule has 7 atom stereocenters. The number of allylic oxidation sites excluding steroid dienone is 3. The average molecular weight is 580 g/mol. The molecule has 1 fully saturated rings. The van der Waals surface area contributed by atoms with Crippen molar-refractivity contribution in [2.24, 2.45) is 11.8 Å². The maximum absolute atomic E-state index is 13.3. The normalized spacial score (nSPS) is 22.5. The number of epoxide rings is 1. The smallest absolute Gasteiger partial charge is 0.302 e. The van der Waals surface area contributed by atoms with Crippen molar-refractivity contribution in [3.63, 3.8) is 0 Å². The van der Waals surface area contributed by atoms with Gasteiger partial charge < -0.3 is 29.0 Å². The van der Waals surface area contributed by atoms with Crippen LogP contribution in [-0.4, -0.2) is 68.3 Å². The molecule has 1 aliphatic rings. The van der Waals surface area contributed by atoms with Gasteiger partial charge in [0.05, 0.1) is 37.5 Å². The molecule has 8 nitrogen and oxygen atoms in total. The third-order valence-electron chi connectivity index (χ3n) is 8.00. The van der Waals surface area contributed by atoms with E-state index in [0.717, 1.165) is 11.1 Å². The van der Waals surface area contributed by atoms with E-state index in [1.807, 2.05) is 45.9 Å².